The zero-order valence-corrected chi connectivity index (χ0v) is 14.9. The van der Waals surface area contributed by atoms with Gasteiger partial charge in [-0.05, 0) is 57.7 Å². The molecule has 0 aliphatic rings. The van der Waals surface area contributed by atoms with E-state index in [1.54, 1.807) is 7.11 Å². The normalized spacial score (nSPS) is 15.8. The molecule has 0 fully saturated rings. The second kappa shape index (κ2) is 8.66. The number of benzene rings is 1. The molecule has 3 nitrogen and oxygen atoms in total. The van der Waals surface area contributed by atoms with Crippen molar-refractivity contribution in [3.8, 4) is 5.75 Å². The van der Waals surface area contributed by atoms with E-state index in [4.69, 9.17) is 10.5 Å². The van der Waals surface area contributed by atoms with Gasteiger partial charge in [0.1, 0.15) is 5.75 Å². The van der Waals surface area contributed by atoms with Gasteiger partial charge in [-0.3, -0.25) is 4.90 Å². The molecule has 0 aliphatic carbocycles. The summed E-state index contributed by atoms with van der Waals surface area (Å²) in [6, 6.07) is 8.86. The molecule has 0 spiro atoms. The quantitative estimate of drug-likeness (QED) is 0.761. The minimum Gasteiger partial charge on any atom is -0.497 e. The van der Waals surface area contributed by atoms with Crippen molar-refractivity contribution >= 4 is 11.8 Å². The van der Waals surface area contributed by atoms with Crippen LogP contribution in [0.4, 0.5) is 0 Å². The first kappa shape index (κ1) is 18.3. The van der Waals surface area contributed by atoms with Gasteiger partial charge in [0.2, 0.25) is 0 Å². The van der Waals surface area contributed by atoms with E-state index in [2.05, 4.69) is 44.2 Å². The summed E-state index contributed by atoms with van der Waals surface area (Å²) < 4.78 is 5.20. The fourth-order valence-electron chi connectivity index (χ4n) is 2.51. The fourth-order valence-corrected chi connectivity index (χ4v) is 3.22. The number of thioether (sulfide) groups is 1. The van der Waals surface area contributed by atoms with E-state index in [-0.39, 0.29) is 5.54 Å². The number of nitrogens with zero attached hydrogens (tertiary/aromatic N) is 1. The number of aryl methyl sites for hydroxylation is 1. The largest absolute Gasteiger partial charge is 0.497 e. The van der Waals surface area contributed by atoms with Crippen molar-refractivity contribution in [3.05, 3.63) is 29.8 Å². The van der Waals surface area contributed by atoms with Gasteiger partial charge in [-0.25, -0.2) is 0 Å². The number of rotatable bonds is 9. The Hall–Kier alpha value is -0.710. The van der Waals surface area contributed by atoms with Crippen molar-refractivity contribution in [1.82, 2.24) is 4.90 Å². The highest BCUT2D eigenvalue weighted by atomic mass is 32.2. The number of nitrogens with two attached hydrogens (primary N) is 1. The Labute approximate surface area is 134 Å². The summed E-state index contributed by atoms with van der Waals surface area (Å²) in [5, 5.41) is 0. The lowest BCUT2D eigenvalue weighted by molar-refractivity contribution is 0.102. The summed E-state index contributed by atoms with van der Waals surface area (Å²) in [5.41, 5.74) is 7.45. The van der Waals surface area contributed by atoms with E-state index in [1.165, 1.54) is 5.56 Å². The van der Waals surface area contributed by atoms with Crippen LogP contribution in [0.1, 0.15) is 25.8 Å². The monoisotopic (exact) mass is 310 g/mol. The van der Waals surface area contributed by atoms with E-state index in [1.807, 2.05) is 23.9 Å². The zero-order chi connectivity index (χ0) is 15.9. The summed E-state index contributed by atoms with van der Waals surface area (Å²) in [7, 11) is 3.89. The molecule has 0 saturated carbocycles. The van der Waals surface area contributed by atoms with Gasteiger partial charge in [0.25, 0.3) is 0 Å². The van der Waals surface area contributed by atoms with Crippen LogP contribution in [0.2, 0.25) is 0 Å². The molecule has 1 aromatic rings. The Kier molecular flexibility index (Phi) is 7.57. The third-order valence-corrected chi connectivity index (χ3v) is 5.29. The van der Waals surface area contributed by atoms with E-state index >= 15 is 0 Å². The maximum atomic E-state index is 6.08. The highest BCUT2D eigenvalue weighted by Gasteiger charge is 2.30. The molecule has 1 rings (SSSR count). The second-order valence-electron chi connectivity index (χ2n) is 5.96. The predicted octanol–water partition coefficient (Wildman–Crippen LogP) is 3.03. The SMILES string of the molecule is COc1ccc(CCC(C)(CN)N(C)C(C)CSC)cc1. The number of methoxy groups -OCH3 is 1. The van der Waals surface area contributed by atoms with Gasteiger partial charge in [-0.15, -0.1) is 0 Å². The lowest BCUT2D eigenvalue weighted by atomic mass is 9.90. The van der Waals surface area contributed by atoms with Gasteiger partial charge in [-0.1, -0.05) is 12.1 Å². The number of hydrogen-bond acceptors (Lipinski definition) is 4. The van der Waals surface area contributed by atoms with E-state index < -0.39 is 0 Å². The second-order valence-corrected chi connectivity index (χ2v) is 6.88. The third kappa shape index (κ3) is 5.20. The molecule has 2 unspecified atom stereocenters. The van der Waals surface area contributed by atoms with Gasteiger partial charge in [0.15, 0.2) is 0 Å². The molecule has 2 atom stereocenters. The average molecular weight is 311 g/mol. The first-order valence-corrected chi connectivity index (χ1v) is 8.91. The van der Waals surface area contributed by atoms with Crippen LogP contribution in [0.3, 0.4) is 0 Å². The van der Waals surface area contributed by atoms with Crippen molar-refractivity contribution in [1.29, 1.82) is 0 Å². The van der Waals surface area contributed by atoms with Crippen LogP contribution in [-0.2, 0) is 6.42 Å². The molecule has 0 radical (unpaired) electrons. The van der Waals surface area contributed by atoms with Crippen molar-refractivity contribution in [2.45, 2.75) is 38.3 Å². The average Bonchev–Trinajstić information content (AvgIpc) is 2.52. The molecule has 0 saturated heterocycles. The minimum atomic E-state index is 0.0368. The number of hydrogen-bond donors (Lipinski definition) is 1. The molecule has 0 amide bonds. The maximum absolute atomic E-state index is 6.08. The molecule has 1 aromatic carbocycles. The van der Waals surface area contributed by atoms with Crippen LogP contribution in [0.15, 0.2) is 24.3 Å². The van der Waals surface area contributed by atoms with Gasteiger partial charge < -0.3 is 10.5 Å². The summed E-state index contributed by atoms with van der Waals surface area (Å²) in [4.78, 5) is 2.44. The van der Waals surface area contributed by atoms with Crippen LogP contribution in [0.5, 0.6) is 5.75 Å². The highest BCUT2D eigenvalue weighted by Crippen LogP contribution is 2.23. The van der Waals surface area contributed by atoms with Gasteiger partial charge in [0, 0.05) is 23.9 Å². The van der Waals surface area contributed by atoms with Gasteiger partial charge in [-0.2, -0.15) is 11.8 Å². The standard InChI is InChI=1S/C17H30N2OS/c1-14(12-21-5)19(3)17(2,13-18)11-10-15-6-8-16(20-4)9-7-15/h6-9,14H,10-13,18H2,1-5H3. The molecular weight excluding hydrogens is 280 g/mol. The molecule has 0 aromatic heterocycles. The van der Waals surface area contributed by atoms with Crippen LogP contribution in [0, 0.1) is 0 Å². The Morgan fingerprint density at radius 2 is 1.95 bits per heavy atom. The molecular formula is C17H30N2OS. The molecule has 2 N–H and O–H groups in total. The lowest BCUT2D eigenvalue weighted by Gasteiger charge is -2.42. The molecule has 21 heavy (non-hydrogen) atoms. The van der Waals surface area contributed by atoms with Crippen molar-refractivity contribution < 1.29 is 4.74 Å². The minimum absolute atomic E-state index is 0.0368. The summed E-state index contributed by atoms with van der Waals surface area (Å²) in [6.07, 6.45) is 4.25. The fraction of sp³-hybridized carbons (Fsp3) is 0.647. The van der Waals surface area contributed by atoms with E-state index in [0.717, 1.165) is 24.3 Å². The molecule has 4 heteroatoms. The van der Waals surface area contributed by atoms with E-state index in [0.29, 0.717) is 12.6 Å². The summed E-state index contributed by atoms with van der Waals surface area (Å²) in [6.45, 7) is 5.23. The Morgan fingerprint density at radius 1 is 1.33 bits per heavy atom. The summed E-state index contributed by atoms with van der Waals surface area (Å²) in [5.74, 6) is 2.04. The smallest absolute Gasteiger partial charge is 0.118 e. The number of ether oxygens (including phenoxy) is 1. The Morgan fingerprint density at radius 3 is 2.43 bits per heavy atom. The predicted molar refractivity (Wildman–Crippen MR) is 94.4 cm³/mol. The van der Waals surface area contributed by atoms with E-state index in [9.17, 15) is 0 Å². The Balaban J connectivity index is 2.66. The van der Waals surface area contributed by atoms with Gasteiger partial charge >= 0.3 is 0 Å². The molecule has 120 valence electrons. The third-order valence-electron chi connectivity index (χ3n) is 4.47. The maximum Gasteiger partial charge on any atom is 0.118 e. The summed E-state index contributed by atoms with van der Waals surface area (Å²) >= 11 is 1.89. The topological polar surface area (TPSA) is 38.5 Å². The first-order chi connectivity index (χ1) is 9.96. The molecule has 0 bridgehead atoms. The van der Waals surface area contributed by atoms with Crippen molar-refractivity contribution in [2.75, 3.05) is 32.7 Å². The van der Waals surface area contributed by atoms with Crippen LogP contribution >= 0.6 is 11.8 Å². The van der Waals surface area contributed by atoms with Gasteiger partial charge in [0.05, 0.1) is 7.11 Å². The van der Waals surface area contributed by atoms with Crippen LogP contribution < -0.4 is 10.5 Å². The first-order valence-electron chi connectivity index (χ1n) is 7.51. The highest BCUT2D eigenvalue weighted by molar-refractivity contribution is 7.98. The van der Waals surface area contributed by atoms with Crippen molar-refractivity contribution in [2.24, 2.45) is 5.73 Å². The number of likely N-dealkylation sites (N-methyl/N-ethyl adjacent to an activating group) is 1. The van der Waals surface area contributed by atoms with Crippen LogP contribution in [-0.4, -0.2) is 49.2 Å². The van der Waals surface area contributed by atoms with Crippen molar-refractivity contribution in [3.63, 3.8) is 0 Å². The Bertz CT molecular complexity index is 410. The lowest BCUT2D eigenvalue weighted by Crippen LogP contribution is -2.54. The molecule has 0 aliphatic heterocycles. The zero-order valence-electron chi connectivity index (χ0n) is 14.1. The molecule has 0 heterocycles. The van der Waals surface area contributed by atoms with Crippen LogP contribution in [0.25, 0.3) is 0 Å².